The van der Waals surface area contributed by atoms with Gasteiger partial charge in [0.15, 0.2) is 0 Å². The fourth-order valence-corrected chi connectivity index (χ4v) is 3.76. The van der Waals surface area contributed by atoms with Crippen molar-refractivity contribution in [3.8, 4) is 0 Å². The molecule has 4 heterocycles. The van der Waals surface area contributed by atoms with Crippen LogP contribution in [0, 0.1) is 5.92 Å². The molecule has 3 aliphatic heterocycles. The molecule has 1 N–H and O–H groups in total. The van der Waals surface area contributed by atoms with Crippen molar-refractivity contribution in [1.29, 1.82) is 0 Å². The van der Waals surface area contributed by atoms with Crippen LogP contribution in [0.15, 0.2) is 17.5 Å². The zero-order chi connectivity index (χ0) is 10.3. The zero-order valence-electron chi connectivity index (χ0n) is 8.80. The van der Waals surface area contributed by atoms with Crippen LogP contribution in [0.2, 0.25) is 0 Å². The van der Waals surface area contributed by atoms with Crippen molar-refractivity contribution in [3.63, 3.8) is 0 Å². The molecule has 3 heteroatoms. The maximum Gasteiger partial charge on any atom is 0.0727 e. The minimum absolute atomic E-state index is 0.0883. The largest absolute Gasteiger partial charge is 0.391 e. The molecule has 4 rings (SSSR count). The SMILES string of the molecule is OC1C2CCN(CC2)C1Cc1cccs1. The standard InChI is InChI=1S/C12H17NOS/c14-12-9-3-5-13(6-4-9)11(12)8-10-2-1-7-15-10/h1-2,7,9,11-12,14H,3-6,8H2. The maximum atomic E-state index is 10.2. The van der Waals surface area contributed by atoms with Crippen molar-refractivity contribution < 1.29 is 5.11 Å². The van der Waals surface area contributed by atoms with Crippen LogP contribution >= 0.6 is 11.3 Å². The molecular formula is C12H17NOS. The monoisotopic (exact) mass is 223 g/mol. The molecule has 3 fully saturated rings. The van der Waals surface area contributed by atoms with Crippen LogP contribution < -0.4 is 0 Å². The highest BCUT2D eigenvalue weighted by Crippen LogP contribution is 2.34. The Morgan fingerprint density at radius 2 is 2.20 bits per heavy atom. The Hall–Kier alpha value is -0.380. The van der Waals surface area contributed by atoms with Crippen LogP contribution in [0.25, 0.3) is 0 Å². The van der Waals surface area contributed by atoms with E-state index in [0.29, 0.717) is 12.0 Å². The molecule has 2 bridgehead atoms. The van der Waals surface area contributed by atoms with Crippen LogP contribution in [-0.4, -0.2) is 35.2 Å². The molecule has 0 amide bonds. The second-order valence-corrected chi connectivity index (χ2v) is 5.75. The van der Waals surface area contributed by atoms with Crippen molar-refractivity contribution in [1.82, 2.24) is 4.90 Å². The summed E-state index contributed by atoms with van der Waals surface area (Å²) < 4.78 is 0. The quantitative estimate of drug-likeness (QED) is 0.825. The van der Waals surface area contributed by atoms with Gasteiger partial charge in [-0.05, 0) is 49.7 Å². The van der Waals surface area contributed by atoms with E-state index >= 15 is 0 Å². The Labute approximate surface area is 94.5 Å². The van der Waals surface area contributed by atoms with Crippen LogP contribution in [0.5, 0.6) is 0 Å². The highest BCUT2D eigenvalue weighted by atomic mass is 32.1. The van der Waals surface area contributed by atoms with Gasteiger partial charge >= 0.3 is 0 Å². The summed E-state index contributed by atoms with van der Waals surface area (Å²) in [5.41, 5.74) is 0. The Kier molecular flexibility index (Phi) is 2.54. The molecular weight excluding hydrogens is 206 g/mol. The van der Waals surface area contributed by atoms with E-state index in [4.69, 9.17) is 0 Å². The minimum atomic E-state index is -0.0883. The van der Waals surface area contributed by atoms with E-state index < -0.39 is 0 Å². The summed E-state index contributed by atoms with van der Waals surface area (Å²) in [6, 6.07) is 4.67. The number of aliphatic hydroxyl groups is 1. The molecule has 82 valence electrons. The molecule has 1 aromatic heterocycles. The van der Waals surface area contributed by atoms with Crippen LogP contribution in [0.1, 0.15) is 17.7 Å². The highest BCUT2D eigenvalue weighted by molar-refractivity contribution is 7.09. The molecule has 3 aliphatic rings. The predicted octanol–water partition coefficient (Wildman–Crippen LogP) is 1.75. The molecule has 1 aromatic rings. The van der Waals surface area contributed by atoms with Gasteiger partial charge in [-0.15, -0.1) is 11.3 Å². The summed E-state index contributed by atoms with van der Waals surface area (Å²) in [6.45, 7) is 2.38. The Balaban J connectivity index is 1.75. The Morgan fingerprint density at radius 3 is 2.80 bits per heavy atom. The van der Waals surface area contributed by atoms with E-state index in [-0.39, 0.29) is 6.10 Å². The van der Waals surface area contributed by atoms with Crippen molar-refractivity contribution in [2.75, 3.05) is 13.1 Å². The zero-order valence-corrected chi connectivity index (χ0v) is 9.62. The van der Waals surface area contributed by atoms with Gasteiger partial charge < -0.3 is 5.11 Å². The number of rotatable bonds is 2. The van der Waals surface area contributed by atoms with Gasteiger partial charge in [0, 0.05) is 10.9 Å². The molecule has 2 atom stereocenters. The first-order valence-corrected chi connectivity index (χ1v) is 6.67. The summed E-state index contributed by atoms with van der Waals surface area (Å²) in [7, 11) is 0. The number of hydrogen-bond acceptors (Lipinski definition) is 3. The Bertz CT molecular complexity index is 314. The second kappa shape index (κ2) is 3.89. The number of piperidine rings is 3. The van der Waals surface area contributed by atoms with Gasteiger partial charge in [0.2, 0.25) is 0 Å². The van der Waals surface area contributed by atoms with Gasteiger partial charge in [0.1, 0.15) is 0 Å². The molecule has 3 saturated heterocycles. The molecule has 0 radical (unpaired) electrons. The lowest BCUT2D eigenvalue weighted by Gasteiger charge is -2.48. The van der Waals surface area contributed by atoms with Crippen LogP contribution in [-0.2, 0) is 6.42 Å². The highest BCUT2D eigenvalue weighted by Gasteiger charge is 2.40. The average molecular weight is 223 g/mol. The summed E-state index contributed by atoms with van der Waals surface area (Å²) in [5, 5.41) is 12.3. The van der Waals surface area contributed by atoms with Gasteiger partial charge in [-0.3, -0.25) is 4.90 Å². The van der Waals surface area contributed by atoms with Gasteiger partial charge in [-0.1, -0.05) is 6.07 Å². The normalized spacial score (nSPS) is 39.5. The molecule has 2 unspecified atom stereocenters. The fraction of sp³-hybridized carbons (Fsp3) is 0.667. The first kappa shape index (κ1) is 9.82. The molecule has 0 saturated carbocycles. The summed E-state index contributed by atoms with van der Waals surface area (Å²) in [4.78, 5) is 3.89. The van der Waals surface area contributed by atoms with Crippen molar-refractivity contribution in [3.05, 3.63) is 22.4 Å². The third-order valence-corrected chi connectivity index (χ3v) is 4.81. The van der Waals surface area contributed by atoms with Gasteiger partial charge in [0.05, 0.1) is 6.10 Å². The van der Waals surface area contributed by atoms with E-state index in [9.17, 15) is 5.11 Å². The summed E-state index contributed by atoms with van der Waals surface area (Å²) in [5.74, 6) is 0.569. The topological polar surface area (TPSA) is 23.5 Å². The summed E-state index contributed by atoms with van der Waals surface area (Å²) >= 11 is 1.81. The lowest BCUT2D eigenvalue weighted by molar-refractivity contribution is -0.0712. The lowest BCUT2D eigenvalue weighted by Crippen LogP contribution is -2.58. The van der Waals surface area contributed by atoms with Gasteiger partial charge in [0.25, 0.3) is 0 Å². The smallest absolute Gasteiger partial charge is 0.0727 e. The third-order valence-electron chi connectivity index (χ3n) is 3.91. The Morgan fingerprint density at radius 1 is 1.40 bits per heavy atom. The number of aliphatic hydroxyl groups excluding tert-OH is 1. The molecule has 15 heavy (non-hydrogen) atoms. The van der Waals surface area contributed by atoms with E-state index in [1.807, 2.05) is 11.3 Å². The molecule has 0 aromatic carbocycles. The average Bonchev–Trinajstić information content (AvgIpc) is 2.77. The number of fused-ring (bicyclic) bond motifs is 3. The second-order valence-electron chi connectivity index (χ2n) is 4.71. The molecule has 0 spiro atoms. The van der Waals surface area contributed by atoms with E-state index in [0.717, 1.165) is 6.42 Å². The predicted molar refractivity (Wildman–Crippen MR) is 62.1 cm³/mol. The first-order chi connectivity index (χ1) is 7.34. The lowest BCUT2D eigenvalue weighted by atomic mass is 9.79. The fourth-order valence-electron chi connectivity index (χ4n) is 3.01. The van der Waals surface area contributed by atoms with E-state index in [1.165, 1.54) is 30.8 Å². The number of hydrogen-bond donors (Lipinski definition) is 1. The molecule has 0 aliphatic carbocycles. The van der Waals surface area contributed by atoms with Crippen molar-refractivity contribution in [2.45, 2.75) is 31.4 Å². The van der Waals surface area contributed by atoms with E-state index in [2.05, 4.69) is 22.4 Å². The first-order valence-electron chi connectivity index (χ1n) is 5.79. The number of thiophene rings is 1. The minimum Gasteiger partial charge on any atom is -0.391 e. The van der Waals surface area contributed by atoms with Gasteiger partial charge in [-0.25, -0.2) is 0 Å². The van der Waals surface area contributed by atoms with Crippen molar-refractivity contribution >= 4 is 11.3 Å². The number of nitrogens with zero attached hydrogens (tertiary/aromatic N) is 1. The van der Waals surface area contributed by atoms with Crippen LogP contribution in [0.3, 0.4) is 0 Å². The maximum absolute atomic E-state index is 10.2. The van der Waals surface area contributed by atoms with Crippen LogP contribution in [0.4, 0.5) is 0 Å². The molecule has 2 nitrogen and oxygen atoms in total. The third kappa shape index (κ3) is 1.73. The van der Waals surface area contributed by atoms with Crippen molar-refractivity contribution in [2.24, 2.45) is 5.92 Å². The van der Waals surface area contributed by atoms with Gasteiger partial charge in [-0.2, -0.15) is 0 Å². The summed E-state index contributed by atoms with van der Waals surface area (Å²) in [6.07, 6.45) is 3.34. The van der Waals surface area contributed by atoms with E-state index in [1.54, 1.807) is 0 Å².